The van der Waals surface area contributed by atoms with E-state index in [1.54, 1.807) is 0 Å². The first kappa shape index (κ1) is 11.5. The molecule has 1 amide bonds. The first-order chi connectivity index (χ1) is 6.49. The van der Waals surface area contributed by atoms with Gasteiger partial charge in [0, 0.05) is 0 Å². The van der Waals surface area contributed by atoms with Crippen LogP contribution in [0.5, 0.6) is 0 Å². The summed E-state index contributed by atoms with van der Waals surface area (Å²) in [5.41, 5.74) is 5.62. The second-order valence-electron chi connectivity index (χ2n) is 4.56. The molecule has 0 saturated heterocycles. The molecule has 1 aliphatic rings. The van der Waals surface area contributed by atoms with E-state index in [0.717, 1.165) is 19.3 Å². The molecule has 0 bridgehead atoms. The molecule has 4 heteroatoms. The van der Waals surface area contributed by atoms with Crippen LogP contribution in [-0.4, -0.2) is 24.7 Å². The standard InChI is InChI=1S/C10H21N3O/c1-7(2)6-8(11)9(14)13-10(12-3)4-5-10/h7-8,12H,4-6,11H2,1-3H3,(H,13,14). The third-order valence-electron chi connectivity index (χ3n) is 2.65. The second kappa shape index (κ2) is 4.28. The van der Waals surface area contributed by atoms with E-state index in [9.17, 15) is 4.79 Å². The summed E-state index contributed by atoms with van der Waals surface area (Å²) in [5, 5.41) is 6.05. The molecule has 14 heavy (non-hydrogen) atoms. The van der Waals surface area contributed by atoms with Gasteiger partial charge in [-0.25, -0.2) is 0 Å². The lowest BCUT2D eigenvalue weighted by molar-refractivity contribution is -0.123. The fourth-order valence-corrected chi connectivity index (χ4v) is 1.51. The van der Waals surface area contributed by atoms with Crippen LogP contribution in [0.4, 0.5) is 0 Å². The minimum atomic E-state index is -0.374. The van der Waals surface area contributed by atoms with Gasteiger partial charge in [0.05, 0.1) is 11.7 Å². The zero-order valence-electron chi connectivity index (χ0n) is 9.26. The van der Waals surface area contributed by atoms with Gasteiger partial charge < -0.3 is 11.1 Å². The van der Waals surface area contributed by atoms with E-state index in [1.165, 1.54) is 0 Å². The smallest absolute Gasteiger partial charge is 0.238 e. The molecule has 0 aliphatic heterocycles. The van der Waals surface area contributed by atoms with Gasteiger partial charge in [-0.3, -0.25) is 10.1 Å². The Kier molecular flexibility index (Phi) is 3.50. The molecule has 0 aromatic rings. The topological polar surface area (TPSA) is 67.1 Å². The first-order valence-electron chi connectivity index (χ1n) is 5.25. The number of rotatable bonds is 5. The summed E-state index contributed by atoms with van der Waals surface area (Å²) in [6.07, 6.45) is 2.75. The maximum atomic E-state index is 11.6. The molecule has 1 saturated carbocycles. The van der Waals surface area contributed by atoms with Crippen LogP contribution in [-0.2, 0) is 4.79 Å². The molecule has 1 fully saturated rings. The van der Waals surface area contributed by atoms with Crippen LogP contribution in [0.25, 0.3) is 0 Å². The molecule has 0 heterocycles. The van der Waals surface area contributed by atoms with Crippen LogP contribution in [0.1, 0.15) is 33.1 Å². The molecule has 1 rings (SSSR count). The van der Waals surface area contributed by atoms with Crippen molar-refractivity contribution in [2.45, 2.75) is 44.8 Å². The summed E-state index contributed by atoms with van der Waals surface area (Å²) in [6, 6.07) is -0.374. The molecular weight excluding hydrogens is 178 g/mol. The molecule has 0 spiro atoms. The Morgan fingerprint density at radius 1 is 1.50 bits per heavy atom. The Morgan fingerprint density at radius 3 is 2.43 bits per heavy atom. The Hall–Kier alpha value is -0.610. The lowest BCUT2D eigenvalue weighted by Crippen LogP contribution is -2.52. The monoisotopic (exact) mass is 199 g/mol. The van der Waals surface area contributed by atoms with Gasteiger partial charge in [0.25, 0.3) is 0 Å². The third kappa shape index (κ3) is 2.96. The van der Waals surface area contributed by atoms with Crippen molar-refractivity contribution in [2.24, 2.45) is 11.7 Å². The quantitative estimate of drug-likeness (QED) is 0.554. The highest BCUT2D eigenvalue weighted by molar-refractivity contribution is 5.82. The fourth-order valence-electron chi connectivity index (χ4n) is 1.51. The highest BCUT2D eigenvalue weighted by Crippen LogP contribution is 2.31. The summed E-state index contributed by atoms with van der Waals surface area (Å²) in [5.74, 6) is 0.422. The van der Waals surface area contributed by atoms with Crippen LogP contribution in [0, 0.1) is 5.92 Å². The third-order valence-corrected chi connectivity index (χ3v) is 2.65. The maximum absolute atomic E-state index is 11.6. The van der Waals surface area contributed by atoms with E-state index in [-0.39, 0.29) is 17.6 Å². The lowest BCUT2D eigenvalue weighted by atomic mass is 10.0. The average Bonchev–Trinajstić information content (AvgIpc) is 2.84. The van der Waals surface area contributed by atoms with Gasteiger partial charge in [0.1, 0.15) is 0 Å². The van der Waals surface area contributed by atoms with Gasteiger partial charge in [-0.15, -0.1) is 0 Å². The molecular formula is C10H21N3O. The fraction of sp³-hybridized carbons (Fsp3) is 0.900. The van der Waals surface area contributed by atoms with E-state index in [1.807, 2.05) is 7.05 Å². The van der Waals surface area contributed by atoms with Crippen molar-refractivity contribution < 1.29 is 4.79 Å². The van der Waals surface area contributed by atoms with Gasteiger partial charge >= 0.3 is 0 Å². The molecule has 1 aliphatic carbocycles. The molecule has 0 radical (unpaired) electrons. The summed E-state index contributed by atoms with van der Waals surface area (Å²) in [4.78, 5) is 11.6. The number of hydrogen-bond donors (Lipinski definition) is 3. The lowest BCUT2D eigenvalue weighted by Gasteiger charge is -2.20. The van der Waals surface area contributed by atoms with Crippen LogP contribution in [0.2, 0.25) is 0 Å². The van der Waals surface area contributed by atoms with Crippen LogP contribution in [0.15, 0.2) is 0 Å². The zero-order chi connectivity index (χ0) is 10.8. The van der Waals surface area contributed by atoms with Crippen molar-refractivity contribution in [2.75, 3.05) is 7.05 Å². The summed E-state index contributed by atoms with van der Waals surface area (Å²) < 4.78 is 0. The molecule has 1 atom stereocenters. The first-order valence-corrected chi connectivity index (χ1v) is 5.25. The summed E-state index contributed by atoms with van der Waals surface area (Å²) in [7, 11) is 1.86. The average molecular weight is 199 g/mol. The van der Waals surface area contributed by atoms with Crippen LogP contribution in [0.3, 0.4) is 0 Å². The van der Waals surface area contributed by atoms with Crippen molar-refractivity contribution >= 4 is 5.91 Å². The van der Waals surface area contributed by atoms with Gasteiger partial charge in [-0.1, -0.05) is 13.8 Å². The number of nitrogens with one attached hydrogen (secondary N) is 2. The minimum Gasteiger partial charge on any atom is -0.337 e. The van der Waals surface area contributed by atoms with E-state index in [0.29, 0.717) is 5.92 Å². The maximum Gasteiger partial charge on any atom is 0.238 e. The number of nitrogens with two attached hydrogens (primary N) is 1. The Morgan fingerprint density at radius 2 is 2.07 bits per heavy atom. The van der Waals surface area contributed by atoms with Crippen molar-refractivity contribution in [3.8, 4) is 0 Å². The van der Waals surface area contributed by atoms with Crippen molar-refractivity contribution in [3.05, 3.63) is 0 Å². The van der Waals surface area contributed by atoms with E-state index in [4.69, 9.17) is 5.73 Å². The van der Waals surface area contributed by atoms with Crippen molar-refractivity contribution in [3.63, 3.8) is 0 Å². The summed E-state index contributed by atoms with van der Waals surface area (Å²) in [6.45, 7) is 4.14. The minimum absolute atomic E-state index is 0.0365. The molecule has 4 nitrogen and oxygen atoms in total. The van der Waals surface area contributed by atoms with E-state index in [2.05, 4.69) is 24.5 Å². The SMILES string of the molecule is CNC1(NC(=O)C(N)CC(C)C)CC1. The van der Waals surface area contributed by atoms with Crippen molar-refractivity contribution in [1.82, 2.24) is 10.6 Å². The Labute approximate surface area is 85.6 Å². The highest BCUT2D eigenvalue weighted by atomic mass is 16.2. The second-order valence-corrected chi connectivity index (χ2v) is 4.56. The van der Waals surface area contributed by atoms with E-state index < -0.39 is 0 Å². The van der Waals surface area contributed by atoms with Gasteiger partial charge in [-0.05, 0) is 32.2 Å². The van der Waals surface area contributed by atoms with Crippen molar-refractivity contribution in [1.29, 1.82) is 0 Å². The molecule has 82 valence electrons. The Balaban J connectivity index is 2.34. The molecule has 1 unspecified atom stereocenters. The van der Waals surface area contributed by atoms with Crippen LogP contribution >= 0.6 is 0 Å². The molecule has 0 aromatic carbocycles. The van der Waals surface area contributed by atoms with Gasteiger partial charge in [0.15, 0.2) is 0 Å². The predicted molar refractivity (Wildman–Crippen MR) is 56.6 cm³/mol. The zero-order valence-corrected chi connectivity index (χ0v) is 9.26. The van der Waals surface area contributed by atoms with Gasteiger partial charge in [-0.2, -0.15) is 0 Å². The van der Waals surface area contributed by atoms with Crippen LogP contribution < -0.4 is 16.4 Å². The molecule has 0 aromatic heterocycles. The number of amides is 1. The molecule has 4 N–H and O–H groups in total. The highest BCUT2D eigenvalue weighted by Gasteiger charge is 2.43. The summed E-state index contributed by atoms with van der Waals surface area (Å²) >= 11 is 0. The Bertz CT molecular complexity index is 211. The number of carbonyl (C=O) groups excluding carboxylic acids is 1. The predicted octanol–water partition coefficient (Wildman–Crippen LogP) is 0.185. The van der Waals surface area contributed by atoms with Gasteiger partial charge in [0.2, 0.25) is 5.91 Å². The van der Waals surface area contributed by atoms with E-state index >= 15 is 0 Å². The number of carbonyl (C=O) groups is 1. The normalized spacial score (nSPS) is 20.6. The number of hydrogen-bond acceptors (Lipinski definition) is 3. The largest absolute Gasteiger partial charge is 0.337 e.